The summed E-state index contributed by atoms with van der Waals surface area (Å²) in [4.78, 5) is 1.25. The molecule has 3 atom stereocenters. The summed E-state index contributed by atoms with van der Waals surface area (Å²) in [5, 5.41) is 0. The van der Waals surface area contributed by atoms with Gasteiger partial charge in [-0.05, 0) is 37.3 Å². The maximum atomic E-state index is 6.44. The van der Waals surface area contributed by atoms with Gasteiger partial charge in [0.25, 0.3) is 0 Å². The number of rotatable bonds is 4. The maximum absolute atomic E-state index is 6.44. The van der Waals surface area contributed by atoms with Crippen LogP contribution in [-0.4, -0.2) is 18.8 Å². The van der Waals surface area contributed by atoms with E-state index in [0.29, 0.717) is 5.92 Å². The fourth-order valence-electron chi connectivity index (χ4n) is 3.08. The molecule has 4 heteroatoms. The zero-order valence-electron chi connectivity index (χ0n) is 11.1. The number of hydrogen-bond donors (Lipinski definition) is 1. The van der Waals surface area contributed by atoms with Crippen molar-refractivity contribution in [2.45, 2.75) is 50.7 Å². The van der Waals surface area contributed by atoms with Crippen LogP contribution in [0.4, 0.5) is 0 Å². The van der Waals surface area contributed by atoms with Gasteiger partial charge in [-0.2, -0.15) is 0 Å². The van der Waals surface area contributed by atoms with Gasteiger partial charge in [0.2, 0.25) is 0 Å². The van der Waals surface area contributed by atoms with Gasteiger partial charge >= 0.3 is 0 Å². The molecule has 1 heterocycles. The van der Waals surface area contributed by atoms with Crippen molar-refractivity contribution >= 4 is 22.9 Å². The summed E-state index contributed by atoms with van der Waals surface area (Å²) >= 11 is 7.59. The SMILES string of the molecule is COC1(C(N)Cc2ccc(Cl)s2)CCCC(C)C1. The number of thiophene rings is 1. The van der Waals surface area contributed by atoms with E-state index in [0.717, 1.165) is 23.6 Å². The Kier molecular flexibility index (Phi) is 4.70. The Labute approximate surface area is 118 Å². The standard InChI is InChI=1S/C14H22ClNOS/c1-10-4-3-7-14(9-10,17-2)12(16)8-11-5-6-13(15)18-11/h5-6,10,12H,3-4,7-9,16H2,1-2H3. The van der Waals surface area contributed by atoms with Gasteiger partial charge in [-0.1, -0.05) is 31.4 Å². The first-order chi connectivity index (χ1) is 8.55. The second-order valence-corrected chi connectivity index (χ2v) is 7.29. The van der Waals surface area contributed by atoms with Crippen LogP contribution < -0.4 is 5.73 Å². The van der Waals surface area contributed by atoms with Crippen molar-refractivity contribution in [3.8, 4) is 0 Å². The van der Waals surface area contributed by atoms with Crippen molar-refractivity contribution in [1.82, 2.24) is 0 Å². The molecule has 0 bridgehead atoms. The fourth-order valence-corrected chi connectivity index (χ4v) is 4.23. The lowest BCUT2D eigenvalue weighted by atomic mass is 9.74. The quantitative estimate of drug-likeness (QED) is 0.912. The first-order valence-electron chi connectivity index (χ1n) is 6.61. The number of hydrogen-bond acceptors (Lipinski definition) is 3. The molecule has 2 rings (SSSR count). The third-order valence-corrected chi connectivity index (χ3v) is 5.38. The summed E-state index contributed by atoms with van der Waals surface area (Å²) < 4.78 is 6.67. The minimum absolute atomic E-state index is 0.0555. The van der Waals surface area contributed by atoms with Crippen molar-refractivity contribution in [3.63, 3.8) is 0 Å². The van der Waals surface area contributed by atoms with Gasteiger partial charge in [-0.15, -0.1) is 11.3 Å². The molecular formula is C14H22ClNOS. The second kappa shape index (κ2) is 5.91. The predicted molar refractivity (Wildman–Crippen MR) is 78.4 cm³/mol. The third-order valence-electron chi connectivity index (χ3n) is 4.12. The van der Waals surface area contributed by atoms with Crippen molar-refractivity contribution < 1.29 is 4.74 Å². The average Bonchev–Trinajstić information content (AvgIpc) is 2.74. The normalized spacial score (nSPS) is 30.3. The molecular weight excluding hydrogens is 266 g/mol. The highest BCUT2D eigenvalue weighted by atomic mass is 35.5. The fraction of sp³-hybridized carbons (Fsp3) is 0.714. The van der Waals surface area contributed by atoms with Crippen molar-refractivity contribution in [3.05, 3.63) is 21.3 Å². The molecule has 18 heavy (non-hydrogen) atoms. The zero-order chi connectivity index (χ0) is 13.2. The Bertz CT molecular complexity index is 395. The van der Waals surface area contributed by atoms with E-state index in [9.17, 15) is 0 Å². The highest BCUT2D eigenvalue weighted by molar-refractivity contribution is 7.16. The molecule has 2 nitrogen and oxygen atoms in total. The number of methoxy groups -OCH3 is 1. The molecule has 1 aliphatic carbocycles. The molecule has 1 aliphatic rings. The Balaban J connectivity index is 2.07. The molecule has 1 saturated carbocycles. The summed E-state index contributed by atoms with van der Waals surface area (Å²) in [5.74, 6) is 0.705. The molecule has 0 saturated heterocycles. The van der Waals surface area contributed by atoms with E-state index < -0.39 is 0 Å². The van der Waals surface area contributed by atoms with Gasteiger partial charge in [0.05, 0.1) is 9.94 Å². The molecule has 1 fully saturated rings. The molecule has 0 spiro atoms. The van der Waals surface area contributed by atoms with E-state index in [1.165, 1.54) is 17.7 Å². The van der Waals surface area contributed by atoms with E-state index >= 15 is 0 Å². The maximum Gasteiger partial charge on any atom is 0.0931 e. The topological polar surface area (TPSA) is 35.2 Å². The van der Waals surface area contributed by atoms with Crippen LogP contribution >= 0.6 is 22.9 Å². The van der Waals surface area contributed by atoms with Crippen LogP contribution in [0, 0.1) is 5.92 Å². The molecule has 102 valence electrons. The van der Waals surface area contributed by atoms with Gasteiger partial charge < -0.3 is 10.5 Å². The summed E-state index contributed by atoms with van der Waals surface area (Å²) in [5.41, 5.74) is 6.29. The molecule has 1 aromatic rings. The summed E-state index contributed by atoms with van der Waals surface area (Å²) in [6, 6.07) is 4.07. The molecule has 0 radical (unpaired) electrons. The smallest absolute Gasteiger partial charge is 0.0931 e. The highest BCUT2D eigenvalue weighted by Crippen LogP contribution is 2.38. The highest BCUT2D eigenvalue weighted by Gasteiger charge is 2.40. The van der Waals surface area contributed by atoms with Crippen LogP contribution in [0.3, 0.4) is 0 Å². The van der Waals surface area contributed by atoms with Gasteiger partial charge in [0.1, 0.15) is 0 Å². The molecule has 2 N–H and O–H groups in total. The van der Waals surface area contributed by atoms with Gasteiger partial charge in [-0.3, -0.25) is 0 Å². The Hall–Kier alpha value is -0.0900. The first kappa shape index (κ1) is 14.3. The predicted octanol–water partition coefficient (Wildman–Crippen LogP) is 3.87. The average molecular weight is 288 g/mol. The van der Waals surface area contributed by atoms with Crippen molar-refractivity contribution in [2.24, 2.45) is 11.7 Å². The summed E-state index contributed by atoms with van der Waals surface area (Å²) in [6.45, 7) is 2.29. The third kappa shape index (κ3) is 3.08. The van der Waals surface area contributed by atoms with Gasteiger partial charge in [0, 0.05) is 18.0 Å². The molecule has 0 amide bonds. The Morgan fingerprint density at radius 1 is 1.61 bits per heavy atom. The number of ether oxygens (including phenoxy) is 1. The monoisotopic (exact) mass is 287 g/mol. The van der Waals surface area contributed by atoms with E-state index in [2.05, 4.69) is 13.0 Å². The van der Waals surface area contributed by atoms with Crippen LogP contribution in [0.25, 0.3) is 0 Å². The van der Waals surface area contributed by atoms with Crippen LogP contribution in [0.15, 0.2) is 12.1 Å². The number of halogens is 1. The Morgan fingerprint density at radius 2 is 2.39 bits per heavy atom. The largest absolute Gasteiger partial charge is 0.377 e. The van der Waals surface area contributed by atoms with E-state index in [1.807, 2.05) is 6.07 Å². The minimum atomic E-state index is -0.145. The minimum Gasteiger partial charge on any atom is -0.377 e. The van der Waals surface area contributed by atoms with Crippen LogP contribution in [0.1, 0.15) is 37.5 Å². The summed E-state index contributed by atoms with van der Waals surface area (Å²) in [7, 11) is 1.80. The van der Waals surface area contributed by atoms with E-state index in [-0.39, 0.29) is 11.6 Å². The molecule has 1 aromatic heterocycles. The van der Waals surface area contributed by atoms with Gasteiger partial charge in [0.15, 0.2) is 0 Å². The lowest BCUT2D eigenvalue weighted by molar-refractivity contribution is -0.0703. The Morgan fingerprint density at radius 3 is 2.94 bits per heavy atom. The van der Waals surface area contributed by atoms with Crippen LogP contribution in [-0.2, 0) is 11.2 Å². The lowest BCUT2D eigenvalue weighted by Crippen LogP contribution is -2.53. The van der Waals surface area contributed by atoms with Crippen LogP contribution in [0.5, 0.6) is 0 Å². The second-order valence-electron chi connectivity index (χ2n) is 5.49. The zero-order valence-corrected chi connectivity index (χ0v) is 12.7. The lowest BCUT2D eigenvalue weighted by Gasteiger charge is -2.43. The first-order valence-corrected chi connectivity index (χ1v) is 7.80. The van der Waals surface area contributed by atoms with Crippen LogP contribution in [0.2, 0.25) is 4.34 Å². The van der Waals surface area contributed by atoms with Gasteiger partial charge in [-0.25, -0.2) is 0 Å². The molecule has 3 unspecified atom stereocenters. The summed E-state index contributed by atoms with van der Waals surface area (Å²) in [6.07, 6.45) is 5.52. The molecule has 0 aliphatic heterocycles. The number of nitrogens with two attached hydrogens (primary N) is 1. The van der Waals surface area contributed by atoms with Crippen molar-refractivity contribution in [1.29, 1.82) is 0 Å². The van der Waals surface area contributed by atoms with E-state index in [4.69, 9.17) is 22.1 Å². The van der Waals surface area contributed by atoms with Crippen molar-refractivity contribution in [2.75, 3.05) is 7.11 Å². The molecule has 0 aromatic carbocycles. The van der Waals surface area contributed by atoms with E-state index in [1.54, 1.807) is 18.4 Å².